The third-order valence-electron chi connectivity index (χ3n) is 0.267. The summed E-state index contributed by atoms with van der Waals surface area (Å²) < 4.78 is -0.0617. The van der Waals surface area contributed by atoms with E-state index in [1.165, 1.54) is 0 Å². The van der Waals surface area contributed by atoms with Crippen LogP contribution in [0.2, 0.25) is 0 Å². The van der Waals surface area contributed by atoms with Crippen molar-refractivity contribution in [3.8, 4) is 0 Å². The smallest absolute Gasteiger partial charge is 0.0647 e. The molecule has 0 unspecified atom stereocenters. The second kappa shape index (κ2) is 3.41. The predicted octanol–water partition coefficient (Wildman–Crippen LogP) is 1.36. The first-order chi connectivity index (χ1) is 2.64. The van der Waals surface area contributed by atoms with Crippen LogP contribution in [0.4, 0.5) is 0 Å². The number of thiol groups is 4. The SMILES string of the molecule is SC(S)C(S)S. The Labute approximate surface area is 59.7 Å². The van der Waals surface area contributed by atoms with Gasteiger partial charge in [-0.15, -0.1) is 0 Å². The maximum atomic E-state index is 3.90. The minimum atomic E-state index is -0.0309. The average Bonchev–Trinajstić information content (AvgIpc) is 1.36. The van der Waals surface area contributed by atoms with Crippen LogP contribution in [0.5, 0.6) is 0 Å². The molecule has 0 aromatic heterocycles. The molecule has 0 atom stereocenters. The molecule has 0 heterocycles. The predicted molar refractivity (Wildman–Crippen MR) is 43.5 cm³/mol. The van der Waals surface area contributed by atoms with Crippen LogP contribution in [-0.2, 0) is 0 Å². The van der Waals surface area contributed by atoms with Crippen molar-refractivity contribution in [2.45, 2.75) is 9.16 Å². The largest absolute Gasteiger partial charge is 0.163 e. The Bertz CT molecular complexity index is 26.5. The second-order valence-corrected chi connectivity index (χ2v) is 3.87. The fraction of sp³-hybridized carbons (Fsp3) is 1.00. The van der Waals surface area contributed by atoms with Gasteiger partial charge >= 0.3 is 0 Å². The van der Waals surface area contributed by atoms with E-state index in [0.717, 1.165) is 0 Å². The van der Waals surface area contributed by atoms with Crippen LogP contribution in [-0.4, -0.2) is 9.16 Å². The van der Waals surface area contributed by atoms with E-state index in [9.17, 15) is 0 Å². The van der Waals surface area contributed by atoms with Gasteiger partial charge in [0.25, 0.3) is 0 Å². The van der Waals surface area contributed by atoms with E-state index in [1.807, 2.05) is 0 Å². The third kappa shape index (κ3) is 3.59. The molecule has 0 fully saturated rings. The van der Waals surface area contributed by atoms with Gasteiger partial charge in [0.05, 0.1) is 9.16 Å². The fourth-order valence-corrected chi connectivity index (χ4v) is 0. The van der Waals surface area contributed by atoms with Gasteiger partial charge in [-0.25, -0.2) is 0 Å². The van der Waals surface area contributed by atoms with Crippen molar-refractivity contribution in [2.24, 2.45) is 0 Å². The molecule has 0 nitrogen and oxygen atoms in total. The Morgan fingerprint density at radius 2 is 0.833 bits per heavy atom. The molecular weight excluding hydrogens is 152 g/mol. The molecule has 0 aromatic rings. The zero-order valence-corrected chi connectivity index (χ0v) is 6.52. The van der Waals surface area contributed by atoms with Crippen LogP contribution in [0.3, 0.4) is 0 Å². The molecular formula is C2H6S4. The zero-order valence-electron chi connectivity index (χ0n) is 2.94. The Balaban J connectivity index is 2.99. The van der Waals surface area contributed by atoms with E-state index in [2.05, 4.69) is 50.5 Å². The molecule has 0 saturated carbocycles. The molecule has 6 heavy (non-hydrogen) atoms. The maximum Gasteiger partial charge on any atom is 0.0647 e. The zero-order chi connectivity index (χ0) is 5.15. The van der Waals surface area contributed by atoms with Gasteiger partial charge in [0.1, 0.15) is 0 Å². The first-order valence-corrected chi connectivity index (χ1v) is 3.43. The van der Waals surface area contributed by atoms with Crippen LogP contribution in [0, 0.1) is 0 Å². The lowest BCUT2D eigenvalue weighted by atomic mass is 10.9. The van der Waals surface area contributed by atoms with E-state index in [-0.39, 0.29) is 9.16 Å². The van der Waals surface area contributed by atoms with Crippen molar-refractivity contribution in [3.63, 3.8) is 0 Å². The van der Waals surface area contributed by atoms with E-state index in [4.69, 9.17) is 0 Å². The summed E-state index contributed by atoms with van der Waals surface area (Å²) in [4.78, 5) is 0. The summed E-state index contributed by atoms with van der Waals surface area (Å²) in [5.41, 5.74) is 0. The maximum absolute atomic E-state index is 3.90. The van der Waals surface area contributed by atoms with Gasteiger partial charge in [0, 0.05) is 0 Å². The lowest BCUT2D eigenvalue weighted by Crippen LogP contribution is -1.97. The van der Waals surface area contributed by atoms with Crippen LogP contribution in [0.15, 0.2) is 0 Å². The Morgan fingerprint density at radius 1 is 0.667 bits per heavy atom. The molecule has 0 spiro atoms. The monoisotopic (exact) mass is 158 g/mol. The highest BCUT2D eigenvalue weighted by atomic mass is 32.2. The normalized spacial score (nSPS) is 11.0. The van der Waals surface area contributed by atoms with E-state index < -0.39 is 0 Å². The van der Waals surface area contributed by atoms with E-state index >= 15 is 0 Å². The molecule has 38 valence electrons. The van der Waals surface area contributed by atoms with Crippen molar-refractivity contribution < 1.29 is 0 Å². The van der Waals surface area contributed by atoms with Crippen LogP contribution >= 0.6 is 50.5 Å². The van der Waals surface area contributed by atoms with E-state index in [1.54, 1.807) is 0 Å². The Morgan fingerprint density at radius 3 is 0.833 bits per heavy atom. The molecule has 0 rings (SSSR count). The van der Waals surface area contributed by atoms with Gasteiger partial charge in [-0.3, -0.25) is 0 Å². The number of hydrogen-bond donors (Lipinski definition) is 4. The van der Waals surface area contributed by atoms with Gasteiger partial charge < -0.3 is 0 Å². The van der Waals surface area contributed by atoms with Crippen molar-refractivity contribution >= 4 is 50.5 Å². The molecule has 0 bridgehead atoms. The van der Waals surface area contributed by atoms with Gasteiger partial charge in [0.15, 0.2) is 0 Å². The molecule has 0 aliphatic heterocycles. The summed E-state index contributed by atoms with van der Waals surface area (Å²) >= 11 is 15.6. The van der Waals surface area contributed by atoms with Gasteiger partial charge in [-0.2, -0.15) is 50.5 Å². The number of rotatable bonds is 1. The molecule has 0 amide bonds. The quantitative estimate of drug-likeness (QED) is 0.321. The van der Waals surface area contributed by atoms with Crippen LogP contribution in [0.25, 0.3) is 0 Å². The highest BCUT2D eigenvalue weighted by molar-refractivity contribution is 8.06. The van der Waals surface area contributed by atoms with Crippen molar-refractivity contribution in [1.82, 2.24) is 0 Å². The lowest BCUT2D eigenvalue weighted by molar-refractivity contribution is 1.41. The summed E-state index contributed by atoms with van der Waals surface area (Å²) in [6, 6.07) is 0. The topological polar surface area (TPSA) is 0 Å². The van der Waals surface area contributed by atoms with Crippen molar-refractivity contribution in [1.29, 1.82) is 0 Å². The minimum Gasteiger partial charge on any atom is -0.163 e. The van der Waals surface area contributed by atoms with Crippen LogP contribution in [0.1, 0.15) is 0 Å². The minimum absolute atomic E-state index is 0.0309. The summed E-state index contributed by atoms with van der Waals surface area (Å²) in [6.45, 7) is 0. The average molecular weight is 158 g/mol. The second-order valence-electron chi connectivity index (χ2n) is 0.827. The first-order valence-electron chi connectivity index (χ1n) is 1.37. The summed E-state index contributed by atoms with van der Waals surface area (Å²) in [5.74, 6) is 0. The Hall–Kier alpha value is 1.40. The molecule has 0 saturated heterocycles. The van der Waals surface area contributed by atoms with Gasteiger partial charge in [-0.1, -0.05) is 0 Å². The first kappa shape index (κ1) is 7.40. The summed E-state index contributed by atoms with van der Waals surface area (Å²) in [6.07, 6.45) is 0. The third-order valence-corrected chi connectivity index (χ3v) is 2.40. The van der Waals surface area contributed by atoms with E-state index in [0.29, 0.717) is 0 Å². The Kier molecular flexibility index (Phi) is 4.20. The van der Waals surface area contributed by atoms with Gasteiger partial charge in [-0.05, 0) is 0 Å². The number of hydrogen-bond acceptors (Lipinski definition) is 4. The highest BCUT2D eigenvalue weighted by Crippen LogP contribution is 2.14. The van der Waals surface area contributed by atoms with Gasteiger partial charge in [0.2, 0.25) is 0 Å². The molecule has 0 aromatic carbocycles. The standard InChI is InChI=1S/C2H6S4/c3-1(4)2(5)6/h1-6H. The lowest BCUT2D eigenvalue weighted by Gasteiger charge is -2.01. The molecule has 4 heteroatoms. The molecule has 0 aliphatic rings. The fourth-order valence-electron chi connectivity index (χ4n) is 0. The highest BCUT2D eigenvalue weighted by Gasteiger charge is 1.99. The van der Waals surface area contributed by atoms with Crippen molar-refractivity contribution in [2.75, 3.05) is 0 Å². The summed E-state index contributed by atoms with van der Waals surface area (Å²) in [7, 11) is 0. The molecule has 0 aliphatic carbocycles. The molecule has 0 radical (unpaired) electrons. The summed E-state index contributed by atoms with van der Waals surface area (Å²) in [5, 5.41) is 0. The van der Waals surface area contributed by atoms with Crippen molar-refractivity contribution in [3.05, 3.63) is 0 Å². The van der Waals surface area contributed by atoms with Crippen LogP contribution < -0.4 is 0 Å². The molecule has 0 N–H and O–H groups in total.